The van der Waals surface area contributed by atoms with Crippen molar-refractivity contribution >= 4 is 17.5 Å². The number of hydrogen-bond acceptors (Lipinski definition) is 3. The average molecular weight is 431 g/mol. The molecule has 0 spiro atoms. The Morgan fingerprint density at radius 3 is 1.94 bits per heavy atom. The second-order valence-corrected chi connectivity index (χ2v) is 7.62. The molecule has 5 heteroatoms. The molecule has 3 aromatic carbocycles. The Labute approximate surface area is 189 Å². The molecule has 5 nitrogen and oxygen atoms in total. The zero-order valence-corrected chi connectivity index (χ0v) is 18.4. The van der Waals surface area contributed by atoms with Gasteiger partial charge >= 0.3 is 11.8 Å². The molecule has 3 rings (SSSR count). The van der Waals surface area contributed by atoms with Gasteiger partial charge in [-0.2, -0.15) is 0 Å². The van der Waals surface area contributed by atoms with E-state index in [2.05, 4.69) is 17.6 Å². The highest BCUT2D eigenvalue weighted by Gasteiger charge is 2.18. The summed E-state index contributed by atoms with van der Waals surface area (Å²) < 4.78 is 5.67. The molecular weight excluding hydrogens is 400 g/mol. The fourth-order valence-electron chi connectivity index (χ4n) is 3.44. The topological polar surface area (TPSA) is 67.4 Å². The van der Waals surface area contributed by atoms with Crippen LogP contribution in [0.5, 0.6) is 5.75 Å². The van der Waals surface area contributed by atoms with E-state index in [1.54, 1.807) is 24.3 Å². The van der Waals surface area contributed by atoms with Crippen LogP contribution in [0.1, 0.15) is 43.2 Å². The third-order valence-electron chi connectivity index (χ3n) is 5.21. The maximum absolute atomic E-state index is 12.4. The molecule has 0 aliphatic carbocycles. The molecule has 0 saturated heterocycles. The zero-order valence-electron chi connectivity index (χ0n) is 18.4. The number of nitrogens with one attached hydrogen (secondary N) is 2. The highest BCUT2D eigenvalue weighted by Crippen LogP contribution is 2.23. The van der Waals surface area contributed by atoms with Crippen molar-refractivity contribution in [1.29, 1.82) is 0 Å². The van der Waals surface area contributed by atoms with E-state index >= 15 is 0 Å². The van der Waals surface area contributed by atoms with Crippen molar-refractivity contribution in [3.63, 3.8) is 0 Å². The molecule has 2 N–H and O–H groups in total. The lowest BCUT2D eigenvalue weighted by atomic mass is 9.91. The summed E-state index contributed by atoms with van der Waals surface area (Å²) in [6.07, 6.45) is 3.30. The molecule has 0 heterocycles. The zero-order chi connectivity index (χ0) is 22.6. The summed E-state index contributed by atoms with van der Waals surface area (Å²) in [6.45, 7) is 3.15. The van der Waals surface area contributed by atoms with Crippen LogP contribution in [0.3, 0.4) is 0 Å². The van der Waals surface area contributed by atoms with E-state index in [1.807, 2.05) is 60.7 Å². The Bertz CT molecular complexity index is 933. The molecule has 32 heavy (non-hydrogen) atoms. The van der Waals surface area contributed by atoms with Crippen LogP contribution in [0, 0.1) is 0 Å². The van der Waals surface area contributed by atoms with Gasteiger partial charge in [0.25, 0.3) is 0 Å². The van der Waals surface area contributed by atoms with E-state index < -0.39 is 11.8 Å². The smallest absolute Gasteiger partial charge is 0.313 e. The molecular formula is C27H30N2O3. The Morgan fingerprint density at radius 1 is 0.781 bits per heavy atom. The normalized spacial score (nSPS) is 10.6. The first-order valence-electron chi connectivity index (χ1n) is 11.1. The average Bonchev–Trinajstić information content (AvgIpc) is 2.84. The van der Waals surface area contributed by atoms with Crippen molar-refractivity contribution in [2.75, 3.05) is 18.5 Å². The van der Waals surface area contributed by atoms with Crippen LogP contribution >= 0.6 is 0 Å². The lowest BCUT2D eigenvalue weighted by Gasteiger charge is -2.18. The summed E-state index contributed by atoms with van der Waals surface area (Å²) in [4.78, 5) is 24.8. The molecule has 0 atom stereocenters. The van der Waals surface area contributed by atoms with Crippen LogP contribution in [0.25, 0.3) is 0 Å². The third kappa shape index (κ3) is 6.98. The number of anilines is 1. The van der Waals surface area contributed by atoms with Gasteiger partial charge in [-0.05, 0) is 41.8 Å². The molecule has 3 aromatic rings. The number of unbranched alkanes of at least 4 members (excludes halogenated alkanes) is 2. The number of benzene rings is 3. The highest BCUT2D eigenvalue weighted by atomic mass is 16.5. The minimum absolute atomic E-state index is 0.0432. The van der Waals surface area contributed by atoms with Crippen LogP contribution in [-0.2, 0) is 9.59 Å². The first-order chi connectivity index (χ1) is 15.7. The summed E-state index contributed by atoms with van der Waals surface area (Å²) in [5.74, 6) is -0.654. The molecule has 2 amide bonds. The Morgan fingerprint density at radius 2 is 1.38 bits per heavy atom. The number of carbonyl (C=O) groups is 2. The van der Waals surface area contributed by atoms with E-state index in [-0.39, 0.29) is 5.92 Å². The lowest BCUT2D eigenvalue weighted by Crippen LogP contribution is -2.37. The van der Waals surface area contributed by atoms with Crippen molar-refractivity contribution in [3.05, 3.63) is 96.1 Å². The number of ether oxygens (including phenoxy) is 1. The van der Waals surface area contributed by atoms with Crippen LogP contribution in [0.2, 0.25) is 0 Å². The molecule has 0 bridgehead atoms. The highest BCUT2D eigenvalue weighted by molar-refractivity contribution is 6.39. The van der Waals surface area contributed by atoms with Gasteiger partial charge in [-0.15, -0.1) is 0 Å². The van der Waals surface area contributed by atoms with Crippen molar-refractivity contribution in [3.8, 4) is 5.75 Å². The monoisotopic (exact) mass is 430 g/mol. The van der Waals surface area contributed by atoms with Crippen LogP contribution in [0.15, 0.2) is 84.9 Å². The van der Waals surface area contributed by atoms with E-state index in [4.69, 9.17) is 4.74 Å². The third-order valence-corrected chi connectivity index (χ3v) is 5.21. The number of hydrogen-bond donors (Lipinski definition) is 2. The van der Waals surface area contributed by atoms with E-state index in [9.17, 15) is 9.59 Å². The van der Waals surface area contributed by atoms with Crippen molar-refractivity contribution in [1.82, 2.24) is 5.32 Å². The molecule has 0 aromatic heterocycles. The minimum Gasteiger partial charge on any atom is -0.494 e. The van der Waals surface area contributed by atoms with Gasteiger partial charge in [-0.25, -0.2) is 0 Å². The molecule has 0 saturated carbocycles. The predicted molar refractivity (Wildman–Crippen MR) is 128 cm³/mol. The maximum atomic E-state index is 12.4. The molecule has 0 aliphatic heterocycles. The molecule has 0 unspecified atom stereocenters. The van der Waals surface area contributed by atoms with Gasteiger partial charge in [0.1, 0.15) is 5.75 Å². The second kappa shape index (κ2) is 12.3. The Balaban J connectivity index is 1.54. The van der Waals surface area contributed by atoms with E-state index in [0.29, 0.717) is 18.8 Å². The van der Waals surface area contributed by atoms with Gasteiger partial charge in [-0.3, -0.25) is 9.59 Å². The molecule has 0 radical (unpaired) electrons. The largest absolute Gasteiger partial charge is 0.494 e. The van der Waals surface area contributed by atoms with Crippen molar-refractivity contribution in [2.45, 2.75) is 32.1 Å². The molecule has 166 valence electrons. The second-order valence-electron chi connectivity index (χ2n) is 7.62. The number of rotatable bonds is 10. The molecule has 0 fully saturated rings. The predicted octanol–water partition coefficient (Wildman–Crippen LogP) is 5.14. The van der Waals surface area contributed by atoms with Crippen molar-refractivity contribution < 1.29 is 14.3 Å². The fraction of sp³-hybridized carbons (Fsp3) is 0.259. The van der Waals surface area contributed by atoms with E-state index in [0.717, 1.165) is 36.1 Å². The summed E-state index contributed by atoms with van der Waals surface area (Å²) in [5.41, 5.74) is 2.71. The number of carbonyl (C=O) groups excluding carboxylic acids is 2. The Kier molecular flexibility index (Phi) is 8.87. The molecule has 0 aliphatic rings. The number of amides is 2. The quantitative estimate of drug-likeness (QED) is 0.346. The van der Waals surface area contributed by atoms with Gasteiger partial charge in [0.05, 0.1) is 6.61 Å². The van der Waals surface area contributed by atoms with Gasteiger partial charge < -0.3 is 15.4 Å². The van der Waals surface area contributed by atoms with Crippen LogP contribution in [-0.4, -0.2) is 25.0 Å². The minimum atomic E-state index is -0.693. The van der Waals surface area contributed by atoms with Gasteiger partial charge in [0.2, 0.25) is 0 Å². The summed E-state index contributed by atoms with van der Waals surface area (Å²) in [7, 11) is 0. The maximum Gasteiger partial charge on any atom is 0.313 e. The van der Waals surface area contributed by atoms with Gasteiger partial charge in [0, 0.05) is 18.2 Å². The van der Waals surface area contributed by atoms with Gasteiger partial charge in [0.15, 0.2) is 0 Å². The van der Waals surface area contributed by atoms with Crippen LogP contribution in [0.4, 0.5) is 5.69 Å². The van der Waals surface area contributed by atoms with E-state index in [1.165, 1.54) is 0 Å². The summed E-state index contributed by atoms with van der Waals surface area (Å²) >= 11 is 0. The fourth-order valence-corrected chi connectivity index (χ4v) is 3.44. The standard InChI is InChI=1S/C27H30N2O3/c1-2-3-10-19-32-24-17-15-23(16-18-24)29-27(31)26(30)28-20-25(21-11-6-4-7-12-21)22-13-8-5-9-14-22/h4-9,11-18,25H,2-3,10,19-20H2,1H3,(H,28,30)(H,29,31). The Hall–Kier alpha value is -3.60. The van der Waals surface area contributed by atoms with Gasteiger partial charge in [-0.1, -0.05) is 80.4 Å². The van der Waals surface area contributed by atoms with Crippen molar-refractivity contribution in [2.24, 2.45) is 0 Å². The summed E-state index contributed by atoms with van der Waals surface area (Å²) in [5, 5.41) is 5.42. The van der Waals surface area contributed by atoms with Crippen LogP contribution < -0.4 is 15.4 Å². The summed E-state index contributed by atoms with van der Waals surface area (Å²) in [6, 6.07) is 26.9. The SMILES string of the molecule is CCCCCOc1ccc(NC(=O)C(=O)NCC(c2ccccc2)c2ccccc2)cc1. The first-order valence-corrected chi connectivity index (χ1v) is 11.1. The lowest BCUT2D eigenvalue weighted by molar-refractivity contribution is -0.136. The first kappa shape index (κ1) is 23.1.